The molecular formula is C10H17NO2. The Morgan fingerprint density at radius 2 is 2.15 bits per heavy atom. The molecule has 0 aromatic heterocycles. The molecule has 3 heteroatoms. The van der Waals surface area contributed by atoms with Crippen LogP contribution < -0.4 is 5.73 Å². The molecule has 0 aromatic rings. The number of hydrogen-bond acceptors (Lipinski definition) is 2. The van der Waals surface area contributed by atoms with Gasteiger partial charge in [-0.05, 0) is 43.4 Å². The molecule has 2 aliphatic rings. The lowest BCUT2D eigenvalue weighted by molar-refractivity contribution is -0.137. The summed E-state index contributed by atoms with van der Waals surface area (Å²) in [6.07, 6.45) is 5.12. The molecule has 0 bridgehead atoms. The zero-order valence-corrected chi connectivity index (χ0v) is 7.78. The van der Waals surface area contributed by atoms with Crippen molar-refractivity contribution in [2.45, 2.75) is 38.1 Å². The molecule has 0 saturated heterocycles. The van der Waals surface area contributed by atoms with Crippen LogP contribution in [0.25, 0.3) is 0 Å². The molecule has 0 aromatic carbocycles. The Bertz CT molecular complexity index is 217. The van der Waals surface area contributed by atoms with Gasteiger partial charge in [0, 0.05) is 6.04 Å². The van der Waals surface area contributed by atoms with Gasteiger partial charge in [0.2, 0.25) is 0 Å². The molecule has 3 N–H and O–H groups in total. The molecular weight excluding hydrogens is 166 g/mol. The molecule has 13 heavy (non-hydrogen) atoms. The van der Waals surface area contributed by atoms with Gasteiger partial charge in [-0.2, -0.15) is 0 Å². The van der Waals surface area contributed by atoms with E-state index in [9.17, 15) is 4.79 Å². The third-order valence-corrected chi connectivity index (χ3v) is 3.60. The average Bonchev–Trinajstić information content (AvgIpc) is 2.79. The topological polar surface area (TPSA) is 63.3 Å². The van der Waals surface area contributed by atoms with Crippen molar-refractivity contribution in [3.05, 3.63) is 0 Å². The second kappa shape index (κ2) is 3.29. The summed E-state index contributed by atoms with van der Waals surface area (Å²) in [4.78, 5) is 10.5. The maximum absolute atomic E-state index is 10.5. The molecule has 0 heterocycles. The summed E-state index contributed by atoms with van der Waals surface area (Å²) in [6.45, 7) is 0. The van der Waals surface area contributed by atoms with E-state index in [0.29, 0.717) is 5.92 Å². The Morgan fingerprint density at radius 1 is 1.38 bits per heavy atom. The van der Waals surface area contributed by atoms with Crippen LogP contribution >= 0.6 is 0 Å². The average molecular weight is 183 g/mol. The number of rotatable bonds is 3. The fourth-order valence-corrected chi connectivity index (χ4v) is 2.64. The van der Waals surface area contributed by atoms with Crippen molar-refractivity contribution >= 4 is 5.97 Å². The summed E-state index contributed by atoms with van der Waals surface area (Å²) in [5, 5.41) is 8.61. The number of carboxylic acids is 1. The van der Waals surface area contributed by atoms with Gasteiger partial charge in [-0.1, -0.05) is 0 Å². The molecule has 0 aliphatic heterocycles. The Labute approximate surface area is 78.3 Å². The standard InChI is InChI=1S/C10H17NO2/c11-9(5-10(12)13)7-2-1-6-3-8(6)4-7/h6-9H,1-5,11H2,(H,12,13)/t6?,7?,8?,9-/m1/s1. The zero-order valence-electron chi connectivity index (χ0n) is 7.78. The predicted octanol–water partition coefficient (Wildman–Crippen LogP) is 1.22. The number of carboxylic acid groups (broad SMARTS) is 1. The molecule has 4 atom stereocenters. The molecule has 2 fully saturated rings. The Hall–Kier alpha value is -0.570. The smallest absolute Gasteiger partial charge is 0.304 e. The molecule has 0 radical (unpaired) electrons. The molecule has 0 spiro atoms. The molecule has 2 saturated carbocycles. The quantitative estimate of drug-likeness (QED) is 0.691. The lowest BCUT2D eigenvalue weighted by Gasteiger charge is -2.25. The van der Waals surface area contributed by atoms with Crippen molar-refractivity contribution in [3.8, 4) is 0 Å². The van der Waals surface area contributed by atoms with Gasteiger partial charge in [-0.3, -0.25) is 4.79 Å². The third kappa shape index (κ3) is 2.02. The van der Waals surface area contributed by atoms with Crippen molar-refractivity contribution in [3.63, 3.8) is 0 Å². The van der Waals surface area contributed by atoms with Crippen LogP contribution in [0.15, 0.2) is 0 Å². The van der Waals surface area contributed by atoms with Crippen LogP contribution in [0.1, 0.15) is 32.1 Å². The van der Waals surface area contributed by atoms with E-state index in [4.69, 9.17) is 10.8 Å². The maximum Gasteiger partial charge on any atom is 0.304 e. The summed E-state index contributed by atoms with van der Waals surface area (Å²) in [7, 11) is 0. The highest BCUT2D eigenvalue weighted by atomic mass is 16.4. The molecule has 2 rings (SSSR count). The van der Waals surface area contributed by atoms with Gasteiger partial charge in [-0.25, -0.2) is 0 Å². The van der Waals surface area contributed by atoms with E-state index in [-0.39, 0.29) is 12.5 Å². The Kier molecular flexibility index (Phi) is 2.28. The molecule has 74 valence electrons. The number of hydrogen-bond donors (Lipinski definition) is 2. The van der Waals surface area contributed by atoms with Gasteiger partial charge in [0.25, 0.3) is 0 Å². The first-order chi connectivity index (χ1) is 6.16. The van der Waals surface area contributed by atoms with E-state index in [1.807, 2.05) is 0 Å². The van der Waals surface area contributed by atoms with E-state index in [0.717, 1.165) is 18.3 Å². The monoisotopic (exact) mass is 183 g/mol. The summed E-state index contributed by atoms with van der Waals surface area (Å²) >= 11 is 0. The van der Waals surface area contributed by atoms with Crippen LogP contribution in [0.2, 0.25) is 0 Å². The van der Waals surface area contributed by atoms with E-state index in [1.165, 1.54) is 19.3 Å². The lowest BCUT2D eigenvalue weighted by atomic mass is 9.83. The van der Waals surface area contributed by atoms with E-state index in [2.05, 4.69) is 0 Å². The van der Waals surface area contributed by atoms with Gasteiger partial charge >= 0.3 is 5.97 Å². The van der Waals surface area contributed by atoms with E-state index >= 15 is 0 Å². The summed E-state index contributed by atoms with van der Waals surface area (Å²) in [6, 6.07) is -0.112. The molecule has 0 amide bonds. The summed E-state index contributed by atoms with van der Waals surface area (Å²) < 4.78 is 0. The van der Waals surface area contributed by atoms with Crippen LogP contribution in [0.4, 0.5) is 0 Å². The van der Waals surface area contributed by atoms with Crippen molar-refractivity contribution in [2.24, 2.45) is 23.5 Å². The van der Waals surface area contributed by atoms with Gasteiger partial charge in [0.15, 0.2) is 0 Å². The predicted molar refractivity (Wildman–Crippen MR) is 49.2 cm³/mol. The van der Waals surface area contributed by atoms with Crippen LogP contribution in [0.5, 0.6) is 0 Å². The summed E-state index contributed by atoms with van der Waals surface area (Å²) in [5.41, 5.74) is 5.85. The highest BCUT2D eigenvalue weighted by Crippen LogP contribution is 2.51. The molecule has 3 nitrogen and oxygen atoms in total. The van der Waals surface area contributed by atoms with Gasteiger partial charge in [0.05, 0.1) is 6.42 Å². The minimum absolute atomic E-state index is 0.112. The third-order valence-electron chi connectivity index (χ3n) is 3.60. The fraction of sp³-hybridized carbons (Fsp3) is 0.900. The van der Waals surface area contributed by atoms with Crippen molar-refractivity contribution in [1.29, 1.82) is 0 Å². The number of nitrogens with two attached hydrogens (primary N) is 1. The minimum atomic E-state index is -0.759. The normalized spacial score (nSPS) is 39.3. The van der Waals surface area contributed by atoms with Crippen LogP contribution in [0, 0.1) is 17.8 Å². The lowest BCUT2D eigenvalue weighted by Crippen LogP contribution is -2.34. The molecule has 2 aliphatic carbocycles. The minimum Gasteiger partial charge on any atom is -0.481 e. The first-order valence-corrected chi connectivity index (χ1v) is 5.14. The summed E-state index contributed by atoms with van der Waals surface area (Å²) in [5.74, 6) is 1.57. The second-order valence-corrected chi connectivity index (χ2v) is 4.59. The van der Waals surface area contributed by atoms with Gasteiger partial charge in [-0.15, -0.1) is 0 Å². The highest BCUT2D eigenvalue weighted by molar-refractivity contribution is 5.67. The first kappa shape index (κ1) is 9.00. The zero-order chi connectivity index (χ0) is 9.42. The number of carbonyl (C=O) groups is 1. The van der Waals surface area contributed by atoms with Crippen LogP contribution in [0.3, 0.4) is 0 Å². The highest BCUT2D eigenvalue weighted by Gasteiger charge is 2.43. The van der Waals surface area contributed by atoms with Crippen molar-refractivity contribution in [1.82, 2.24) is 0 Å². The Balaban J connectivity index is 1.81. The first-order valence-electron chi connectivity index (χ1n) is 5.14. The van der Waals surface area contributed by atoms with Crippen LogP contribution in [-0.2, 0) is 4.79 Å². The largest absolute Gasteiger partial charge is 0.481 e. The van der Waals surface area contributed by atoms with E-state index in [1.54, 1.807) is 0 Å². The van der Waals surface area contributed by atoms with Gasteiger partial charge in [0.1, 0.15) is 0 Å². The van der Waals surface area contributed by atoms with Crippen molar-refractivity contribution < 1.29 is 9.90 Å². The second-order valence-electron chi connectivity index (χ2n) is 4.59. The van der Waals surface area contributed by atoms with Crippen LogP contribution in [-0.4, -0.2) is 17.1 Å². The SMILES string of the molecule is N[C@H](CC(=O)O)C1CCC2CC2C1. The van der Waals surface area contributed by atoms with E-state index < -0.39 is 5.97 Å². The maximum atomic E-state index is 10.5. The van der Waals surface area contributed by atoms with Gasteiger partial charge < -0.3 is 10.8 Å². The molecule has 3 unspecified atom stereocenters. The Morgan fingerprint density at radius 3 is 2.77 bits per heavy atom. The number of aliphatic carboxylic acids is 1. The van der Waals surface area contributed by atoms with Crippen molar-refractivity contribution in [2.75, 3.05) is 0 Å². The fourth-order valence-electron chi connectivity index (χ4n) is 2.64. The number of fused-ring (bicyclic) bond motifs is 1.